The van der Waals surface area contributed by atoms with E-state index in [2.05, 4.69) is 10.4 Å². The number of aromatic nitrogens is 2. The van der Waals surface area contributed by atoms with Crippen molar-refractivity contribution in [2.24, 2.45) is 0 Å². The summed E-state index contributed by atoms with van der Waals surface area (Å²) in [6.45, 7) is 0. The number of nitrogens with zero attached hydrogens (tertiary/aromatic N) is 2. The van der Waals surface area contributed by atoms with Crippen molar-refractivity contribution < 1.29 is 4.79 Å². The van der Waals surface area contributed by atoms with E-state index in [0.717, 1.165) is 4.70 Å². The number of nitrogens with one attached hydrogen (secondary N) is 1. The number of carbonyl (C=O) groups is 1. The largest absolute Gasteiger partial charge is 0.287 e. The number of fused-ring (bicyclic) bond motifs is 1. The maximum Gasteiger partial charge on any atom is 0.287 e. The summed E-state index contributed by atoms with van der Waals surface area (Å²) in [5.74, 6) is -0.337. The van der Waals surface area contributed by atoms with Crippen LogP contribution in [0.5, 0.6) is 0 Å². The fraction of sp³-hybridized carbons (Fsp3) is 0. The molecule has 0 saturated carbocycles. The second kappa shape index (κ2) is 4.66. The van der Waals surface area contributed by atoms with Crippen molar-refractivity contribution in [2.75, 3.05) is 5.43 Å². The third kappa shape index (κ3) is 2.13. The Kier molecular flexibility index (Phi) is 2.85. The highest BCUT2D eigenvalue weighted by Crippen LogP contribution is 2.14. The lowest BCUT2D eigenvalue weighted by Gasteiger charge is -2.02. The second-order valence-electron chi connectivity index (χ2n) is 3.86. The van der Waals surface area contributed by atoms with Crippen molar-refractivity contribution in [3.8, 4) is 0 Å². The molecule has 2 aromatic heterocycles. The highest BCUT2D eigenvalue weighted by Gasteiger charge is 2.10. The summed E-state index contributed by atoms with van der Waals surface area (Å²) in [5.41, 5.74) is 2.81. The lowest BCUT2D eigenvalue weighted by Crippen LogP contribution is -2.28. The van der Waals surface area contributed by atoms with Crippen molar-refractivity contribution in [2.45, 2.75) is 0 Å². The van der Waals surface area contributed by atoms with Gasteiger partial charge in [-0.2, -0.15) is 4.07 Å². The SMILES string of the molecule is O=C(Nn1sc2ccccc2c1=O)c1ccncc1. The summed E-state index contributed by atoms with van der Waals surface area (Å²) in [4.78, 5) is 27.8. The molecular weight excluding hydrogens is 262 g/mol. The van der Waals surface area contributed by atoms with E-state index in [0.29, 0.717) is 10.9 Å². The van der Waals surface area contributed by atoms with E-state index < -0.39 is 0 Å². The Morgan fingerprint density at radius 1 is 1.16 bits per heavy atom. The average Bonchev–Trinajstić information content (AvgIpc) is 2.77. The van der Waals surface area contributed by atoms with Crippen LogP contribution < -0.4 is 11.0 Å². The number of hydrogen-bond acceptors (Lipinski definition) is 4. The Bertz CT molecular complexity index is 792. The summed E-state index contributed by atoms with van der Waals surface area (Å²) in [6, 6.07) is 10.4. The van der Waals surface area contributed by atoms with Gasteiger partial charge in [0.05, 0.1) is 10.1 Å². The van der Waals surface area contributed by atoms with Gasteiger partial charge < -0.3 is 0 Å². The first-order valence-electron chi connectivity index (χ1n) is 5.58. The topological polar surface area (TPSA) is 64.0 Å². The van der Waals surface area contributed by atoms with Crippen LogP contribution in [0.3, 0.4) is 0 Å². The molecule has 0 aliphatic heterocycles. The first-order valence-corrected chi connectivity index (χ1v) is 6.35. The Balaban J connectivity index is 1.96. The lowest BCUT2D eigenvalue weighted by molar-refractivity contribution is 0.101. The van der Waals surface area contributed by atoms with E-state index in [4.69, 9.17) is 0 Å². The zero-order valence-corrected chi connectivity index (χ0v) is 10.6. The van der Waals surface area contributed by atoms with Gasteiger partial charge in [0, 0.05) is 18.0 Å². The van der Waals surface area contributed by atoms with Gasteiger partial charge in [-0.25, -0.2) is 5.43 Å². The number of carbonyl (C=O) groups excluding carboxylic acids is 1. The van der Waals surface area contributed by atoms with Crippen molar-refractivity contribution in [1.82, 2.24) is 9.05 Å². The van der Waals surface area contributed by atoms with Crippen molar-refractivity contribution >= 4 is 27.5 Å². The van der Waals surface area contributed by atoms with Gasteiger partial charge in [0.15, 0.2) is 0 Å². The Morgan fingerprint density at radius 3 is 2.63 bits per heavy atom. The number of amides is 1. The summed E-state index contributed by atoms with van der Waals surface area (Å²) >= 11 is 1.20. The van der Waals surface area contributed by atoms with E-state index in [1.165, 1.54) is 28.0 Å². The number of pyridine rings is 1. The van der Waals surface area contributed by atoms with Crippen LogP contribution in [0.1, 0.15) is 10.4 Å². The molecule has 3 rings (SSSR count). The van der Waals surface area contributed by atoms with Crippen molar-refractivity contribution in [1.29, 1.82) is 0 Å². The molecule has 2 heterocycles. The van der Waals surface area contributed by atoms with Crippen LogP contribution in [0.15, 0.2) is 53.6 Å². The third-order valence-corrected chi connectivity index (χ3v) is 3.63. The van der Waals surface area contributed by atoms with Crippen LogP contribution in [-0.2, 0) is 0 Å². The molecule has 1 aromatic carbocycles. The molecule has 0 spiro atoms. The number of hydrogen-bond donors (Lipinski definition) is 1. The molecule has 0 saturated heterocycles. The van der Waals surface area contributed by atoms with Crippen LogP contribution in [0.25, 0.3) is 10.1 Å². The molecule has 0 atom stereocenters. The molecule has 5 nitrogen and oxygen atoms in total. The van der Waals surface area contributed by atoms with Crippen LogP contribution in [-0.4, -0.2) is 15.0 Å². The first-order chi connectivity index (χ1) is 9.25. The molecule has 3 aromatic rings. The van der Waals surface area contributed by atoms with Gasteiger partial charge in [0.2, 0.25) is 0 Å². The molecule has 94 valence electrons. The van der Waals surface area contributed by atoms with Gasteiger partial charge in [0.25, 0.3) is 11.5 Å². The molecule has 0 aliphatic rings. The van der Waals surface area contributed by atoms with Crippen LogP contribution in [0.4, 0.5) is 0 Å². The third-order valence-electron chi connectivity index (χ3n) is 2.64. The molecule has 1 N–H and O–H groups in total. The standard InChI is InChI=1S/C13H9N3O2S/c17-12(9-5-7-14-8-6-9)15-16-13(18)10-3-1-2-4-11(10)19-16/h1-8H,(H,15,17). The zero-order valence-electron chi connectivity index (χ0n) is 9.74. The Hall–Kier alpha value is -2.47. The summed E-state index contributed by atoms with van der Waals surface area (Å²) in [7, 11) is 0. The van der Waals surface area contributed by atoms with Gasteiger partial charge in [0.1, 0.15) is 0 Å². The normalized spacial score (nSPS) is 10.5. The van der Waals surface area contributed by atoms with E-state index >= 15 is 0 Å². The minimum absolute atomic E-state index is 0.219. The highest BCUT2D eigenvalue weighted by molar-refractivity contribution is 7.14. The van der Waals surface area contributed by atoms with Gasteiger partial charge in [-0.05, 0) is 35.8 Å². The van der Waals surface area contributed by atoms with Gasteiger partial charge in [-0.1, -0.05) is 12.1 Å². The van der Waals surface area contributed by atoms with E-state index in [9.17, 15) is 9.59 Å². The quantitative estimate of drug-likeness (QED) is 0.773. The molecule has 0 unspecified atom stereocenters. The van der Waals surface area contributed by atoms with E-state index in [-0.39, 0.29) is 11.5 Å². The van der Waals surface area contributed by atoms with Gasteiger partial charge in [-0.3, -0.25) is 14.6 Å². The Labute approximate surface area is 112 Å². The molecule has 19 heavy (non-hydrogen) atoms. The molecular formula is C13H9N3O2S. The molecule has 1 amide bonds. The predicted octanol–water partition coefficient (Wildman–Crippen LogP) is 1.84. The monoisotopic (exact) mass is 271 g/mol. The molecule has 0 fully saturated rings. The fourth-order valence-corrected chi connectivity index (χ4v) is 2.61. The van der Waals surface area contributed by atoms with Gasteiger partial charge in [-0.15, -0.1) is 0 Å². The minimum atomic E-state index is -0.337. The zero-order chi connectivity index (χ0) is 13.2. The van der Waals surface area contributed by atoms with Gasteiger partial charge >= 0.3 is 0 Å². The van der Waals surface area contributed by atoms with E-state index in [1.54, 1.807) is 24.3 Å². The predicted molar refractivity (Wildman–Crippen MR) is 74.0 cm³/mol. The summed E-state index contributed by atoms with van der Waals surface area (Å²) < 4.78 is 2.08. The Morgan fingerprint density at radius 2 is 1.89 bits per heavy atom. The van der Waals surface area contributed by atoms with Crippen LogP contribution in [0.2, 0.25) is 0 Å². The van der Waals surface area contributed by atoms with Crippen LogP contribution in [0, 0.1) is 0 Å². The fourth-order valence-electron chi connectivity index (χ4n) is 1.71. The number of rotatable bonds is 2. The number of benzene rings is 1. The smallest absolute Gasteiger partial charge is 0.267 e. The lowest BCUT2D eigenvalue weighted by atomic mass is 10.2. The maximum absolute atomic E-state index is 12.0. The first kappa shape index (κ1) is 11.6. The van der Waals surface area contributed by atoms with Crippen molar-refractivity contribution in [3.05, 3.63) is 64.7 Å². The van der Waals surface area contributed by atoms with E-state index in [1.807, 2.05) is 12.1 Å². The maximum atomic E-state index is 12.0. The summed E-state index contributed by atoms with van der Waals surface area (Å²) in [6.07, 6.45) is 3.06. The molecule has 6 heteroatoms. The molecule has 0 bridgehead atoms. The van der Waals surface area contributed by atoms with Crippen LogP contribution >= 0.6 is 11.5 Å². The highest BCUT2D eigenvalue weighted by atomic mass is 32.1. The summed E-state index contributed by atoms with van der Waals surface area (Å²) in [5, 5.41) is 0.600. The minimum Gasteiger partial charge on any atom is -0.267 e. The average molecular weight is 271 g/mol. The molecule has 0 radical (unpaired) electrons. The van der Waals surface area contributed by atoms with Crippen molar-refractivity contribution in [3.63, 3.8) is 0 Å². The second-order valence-corrected chi connectivity index (χ2v) is 4.85. The molecule has 0 aliphatic carbocycles.